The highest BCUT2D eigenvalue weighted by atomic mass is 32.1. The lowest BCUT2D eigenvalue weighted by molar-refractivity contribution is 0.568. The first kappa shape index (κ1) is 23.9. The molecule has 0 aliphatic rings. The minimum Gasteiger partial charge on any atom is -0.443 e. The second kappa shape index (κ2) is 8.85. The van der Waals surface area contributed by atoms with E-state index in [-0.39, 0.29) is 5.41 Å². The average Bonchev–Trinajstić information content (AvgIpc) is 3.43. The van der Waals surface area contributed by atoms with E-state index in [1.165, 1.54) is 43.1 Å². The molecule has 0 amide bonds. The first-order chi connectivity index (χ1) is 17.7. The van der Waals surface area contributed by atoms with Gasteiger partial charge in [0.25, 0.3) is 0 Å². The van der Waals surface area contributed by atoms with Gasteiger partial charge < -0.3 is 4.42 Å². The molecular weight excluding hydrogens is 470 g/mol. The molecule has 0 radical (unpaired) electrons. The number of rotatable bonds is 4. The van der Waals surface area contributed by atoms with Crippen molar-refractivity contribution in [3.63, 3.8) is 0 Å². The molecule has 186 valence electrons. The van der Waals surface area contributed by atoms with Crippen molar-refractivity contribution in [3.8, 4) is 22.4 Å². The number of benzene rings is 3. The summed E-state index contributed by atoms with van der Waals surface area (Å²) in [5.74, 6) is 1.53. The highest BCUT2D eigenvalue weighted by Gasteiger charge is 2.20. The Morgan fingerprint density at radius 2 is 1.68 bits per heavy atom. The van der Waals surface area contributed by atoms with Crippen molar-refractivity contribution in [1.29, 1.82) is 0 Å². The SMILES string of the molecule is Cc1cc2c(-c3ccc4c(CC(C)C)csc4c3)cc(-c3cc(C(C)(C)C)c4ccccc4c3)nc2o1. The Bertz CT molecular complexity index is 1780. The highest BCUT2D eigenvalue weighted by Crippen LogP contribution is 2.39. The van der Waals surface area contributed by atoms with Crippen LogP contribution in [0.3, 0.4) is 0 Å². The lowest BCUT2D eigenvalue weighted by atomic mass is 9.82. The third-order valence-corrected chi connectivity index (χ3v) is 8.18. The molecule has 3 heterocycles. The van der Waals surface area contributed by atoms with Crippen LogP contribution in [0.1, 0.15) is 51.5 Å². The smallest absolute Gasteiger partial charge is 0.227 e. The van der Waals surface area contributed by atoms with Gasteiger partial charge in [-0.2, -0.15) is 0 Å². The summed E-state index contributed by atoms with van der Waals surface area (Å²) in [6, 6.07) is 24.5. The van der Waals surface area contributed by atoms with Crippen LogP contribution in [0.2, 0.25) is 0 Å². The van der Waals surface area contributed by atoms with Crippen molar-refractivity contribution >= 4 is 43.3 Å². The third-order valence-electron chi connectivity index (χ3n) is 7.19. The van der Waals surface area contributed by atoms with E-state index in [9.17, 15) is 0 Å². The van der Waals surface area contributed by atoms with Gasteiger partial charge in [0.15, 0.2) is 0 Å². The molecule has 2 nitrogen and oxygen atoms in total. The predicted octanol–water partition coefficient (Wildman–Crippen LogP) is 10.3. The summed E-state index contributed by atoms with van der Waals surface area (Å²) in [6.45, 7) is 13.4. The number of thiophene rings is 1. The number of hydrogen-bond acceptors (Lipinski definition) is 3. The van der Waals surface area contributed by atoms with Gasteiger partial charge in [0.05, 0.1) is 5.69 Å². The number of furan rings is 1. The minimum atomic E-state index is 0.0156. The fourth-order valence-corrected chi connectivity index (χ4v) is 6.46. The summed E-state index contributed by atoms with van der Waals surface area (Å²) in [7, 11) is 0. The van der Waals surface area contributed by atoms with Gasteiger partial charge in [-0.3, -0.25) is 0 Å². The Morgan fingerprint density at radius 3 is 2.46 bits per heavy atom. The van der Waals surface area contributed by atoms with Crippen LogP contribution >= 0.6 is 11.3 Å². The van der Waals surface area contributed by atoms with Gasteiger partial charge in [0.1, 0.15) is 5.76 Å². The number of pyridine rings is 1. The largest absolute Gasteiger partial charge is 0.443 e. The fraction of sp³-hybridized carbons (Fsp3) is 0.265. The van der Waals surface area contributed by atoms with Crippen LogP contribution < -0.4 is 0 Å². The van der Waals surface area contributed by atoms with E-state index in [0.29, 0.717) is 11.6 Å². The minimum absolute atomic E-state index is 0.0156. The van der Waals surface area contributed by atoms with Crippen LogP contribution in [-0.2, 0) is 11.8 Å². The molecule has 3 aromatic carbocycles. The topological polar surface area (TPSA) is 26.0 Å². The zero-order chi connectivity index (χ0) is 25.9. The quantitative estimate of drug-likeness (QED) is 0.239. The van der Waals surface area contributed by atoms with E-state index < -0.39 is 0 Å². The van der Waals surface area contributed by atoms with Crippen molar-refractivity contribution < 1.29 is 4.42 Å². The van der Waals surface area contributed by atoms with E-state index in [1.807, 2.05) is 18.3 Å². The molecule has 3 heteroatoms. The van der Waals surface area contributed by atoms with Crippen molar-refractivity contribution in [1.82, 2.24) is 4.98 Å². The number of hydrogen-bond donors (Lipinski definition) is 0. The standard InChI is InChI=1S/C34H33NOS/c1-20(2)13-25-19-37-32-17-23(11-12-27(25)32)28-18-31(35-33-29(28)14-21(3)36-33)24-15-22-9-7-8-10-26(22)30(16-24)34(4,5)6/h7-12,14-20H,13H2,1-6H3. The highest BCUT2D eigenvalue weighted by molar-refractivity contribution is 7.17. The Morgan fingerprint density at radius 1 is 0.865 bits per heavy atom. The van der Waals surface area contributed by atoms with Crippen LogP contribution in [0.25, 0.3) is 54.3 Å². The molecule has 3 aromatic heterocycles. The van der Waals surface area contributed by atoms with Gasteiger partial charge in [-0.25, -0.2) is 4.98 Å². The molecule has 6 rings (SSSR count). The molecular formula is C34H33NOS. The van der Waals surface area contributed by atoms with Crippen LogP contribution in [0.5, 0.6) is 0 Å². The maximum Gasteiger partial charge on any atom is 0.227 e. The second-order valence-corrected chi connectivity index (χ2v) is 12.6. The lowest BCUT2D eigenvalue weighted by Crippen LogP contribution is -2.12. The molecule has 0 bridgehead atoms. The fourth-order valence-electron chi connectivity index (χ4n) is 5.45. The summed E-state index contributed by atoms with van der Waals surface area (Å²) in [5.41, 5.74) is 7.94. The molecule has 0 fully saturated rings. The monoisotopic (exact) mass is 503 g/mol. The van der Waals surface area contributed by atoms with Gasteiger partial charge in [0.2, 0.25) is 5.71 Å². The predicted molar refractivity (Wildman–Crippen MR) is 160 cm³/mol. The molecule has 0 aliphatic heterocycles. The normalized spacial score (nSPS) is 12.4. The van der Waals surface area contributed by atoms with E-state index >= 15 is 0 Å². The molecule has 37 heavy (non-hydrogen) atoms. The summed E-state index contributed by atoms with van der Waals surface area (Å²) < 4.78 is 7.44. The van der Waals surface area contributed by atoms with Crippen molar-refractivity contribution in [2.45, 2.75) is 53.4 Å². The second-order valence-electron chi connectivity index (χ2n) is 11.7. The summed E-state index contributed by atoms with van der Waals surface area (Å²) in [4.78, 5) is 5.02. The van der Waals surface area contributed by atoms with Gasteiger partial charge in [-0.05, 0) is 98.8 Å². The Hall–Kier alpha value is -3.43. The van der Waals surface area contributed by atoms with Crippen LogP contribution in [-0.4, -0.2) is 4.98 Å². The molecule has 0 atom stereocenters. The first-order valence-electron chi connectivity index (χ1n) is 13.1. The maximum absolute atomic E-state index is 6.10. The molecule has 0 unspecified atom stereocenters. The molecule has 0 saturated heterocycles. The number of aromatic nitrogens is 1. The van der Waals surface area contributed by atoms with Gasteiger partial charge in [-0.15, -0.1) is 11.3 Å². The van der Waals surface area contributed by atoms with Crippen LogP contribution in [0, 0.1) is 12.8 Å². The third kappa shape index (κ3) is 4.36. The van der Waals surface area contributed by atoms with E-state index in [1.54, 1.807) is 0 Å². The number of nitrogens with zero attached hydrogens (tertiary/aromatic N) is 1. The van der Waals surface area contributed by atoms with Gasteiger partial charge in [0, 0.05) is 15.6 Å². The maximum atomic E-state index is 6.10. The molecule has 0 aliphatic carbocycles. The molecule has 6 aromatic rings. The number of fused-ring (bicyclic) bond motifs is 3. The lowest BCUT2D eigenvalue weighted by Gasteiger charge is -2.22. The molecule has 0 N–H and O–H groups in total. The summed E-state index contributed by atoms with van der Waals surface area (Å²) in [5, 5.41) is 7.31. The van der Waals surface area contributed by atoms with Crippen molar-refractivity contribution in [3.05, 3.63) is 89.0 Å². The van der Waals surface area contributed by atoms with Gasteiger partial charge in [-0.1, -0.05) is 71.0 Å². The van der Waals surface area contributed by atoms with E-state index in [0.717, 1.165) is 28.8 Å². The molecule has 0 saturated carbocycles. The van der Waals surface area contributed by atoms with E-state index in [2.05, 4.69) is 107 Å². The van der Waals surface area contributed by atoms with Crippen LogP contribution in [0.15, 0.2) is 76.5 Å². The first-order valence-corrected chi connectivity index (χ1v) is 14.0. The van der Waals surface area contributed by atoms with E-state index in [4.69, 9.17) is 9.40 Å². The zero-order valence-corrected chi connectivity index (χ0v) is 23.3. The Labute approximate surface area is 223 Å². The van der Waals surface area contributed by atoms with Crippen molar-refractivity contribution in [2.24, 2.45) is 5.92 Å². The summed E-state index contributed by atoms with van der Waals surface area (Å²) >= 11 is 1.84. The van der Waals surface area contributed by atoms with Crippen LogP contribution in [0.4, 0.5) is 0 Å². The Kier molecular flexibility index (Phi) is 5.72. The zero-order valence-electron chi connectivity index (χ0n) is 22.5. The van der Waals surface area contributed by atoms with Gasteiger partial charge >= 0.3 is 0 Å². The van der Waals surface area contributed by atoms with Crippen molar-refractivity contribution in [2.75, 3.05) is 0 Å². The Balaban J connectivity index is 1.56. The average molecular weight is 504 g/mol. The molecule has 0 spiro atoms. The summed E-state index contributed by atoms with van der Waals surface area (Å²) in [6.07, 6.45) is 1.11. The number of aryl methyl sites for hydroxylation is 1.